The van der Waals surface area contributed by atoms with Gasteiger partial charge in [-0.15, -0.1) is 0 Å². The molecule has 2 N–H and O–H groups in total. The number of hydrogen-bond acceptors (Lipinski definition) is 3. The highest BCUT2D eigenvalue weighted by Crippen LogP contribution is 2.48. The van der Waals surface area contributed by atoms with Crippen molar-refractivity contribution in [2.24, 2.45) is 23.7 Å². The molecule has 1 saturated carbocycles. The molecule has 1 fully saturated rings. The molecule has 2 rings (SSSR count). The molecule has 2 bridgehead atoms. The van der Waals surface area contributed by atoms with Crippen LogP contribution in [0.15, 0.2) is 12.2 Å². The first-order chi connectivity index (χ1) is 10.1. The summed E-state index contributed by atoms with van der Waals surface area (Å²) in [6, 6.07) is 0. The van der Waals surface area contributed by atoms with Gasteiger partial charge in [0.15, 0.2) is 0 Å². The van der Waals surface area contributed by atoms with E-state index in [1.807, 2.05) is 12.2 Å². The van der Waals surface area contributed by atoms with E-state index in [1.165, 1.54) is 0 Å². The third-order valence-electron chi connectivity index (χ3n) is 4.76. The zero-order valence-corrected chi connectivity index (χ0v) is 12.9. The molecule has 0 aromatic heterocycles. The average Bonchev–Trinajstić information content (AvgIpc) is 3.06. The summed E-state index contributed by atoms with van der Waals surface area (Å²) >= 11 is 0. The van der Waals surface area contributed by atoms with Crippen LogP contribution in [0.1, 0.15) is 26.7 Å². The summed E-state index contributed by atoms with van der Waals surface area (Å²) in [6.07, 6.45) is 5.89. The summed E-state index contributed by atoms with van der Waals surface area (Å²) in [4.78, 5) is 26.0. The second kappa shape index (κ2) is 7.07. The van der Waals surface area contributed by atoms with Crippen molar-refractivity contribution in [1.29, 1.82) is 0 Å². The van der Waals surface area contributed by atoms with Crippen LogP contribution in [-0.4, -0.2) is 48.1 Å². The Morgan fingerprint density at radius 2 is 1.86 bits per heavy atom. The maximum absolute atomic E-state index is 12.4. The minimum Gasteiger partial charge on any atom is -0.481 e. The number of amides is 1. The fourth-order valence-corrected chi connectivity index (χ4v) is 3.72. The van der Waals surface area contributed by atoms with Crippen LogP contribution in [0.2, 0.25) is 0 Å². The van der Waals surface area contributed by atoms with Gasteiger partial charge in [-0.25, -0.2) is 0 Å². The molecule has 0 saturated heterocycles. The molecule has 0 aromatic rings. The van der Waals surface area contributed by atoms with Crippen molar-refractivity contribution < 1.29 is 14.7 Å². The first kappa shape index (κ1) is 16.0. The van der Waals surface area contributed by atoms with E-state index in [2.05, 4.69) is 24.1 Å². The number of nitrogens with zero attached hydrogens (tertiary/aromatic N) is 1. The van der Waals surface area contributed by atoms with Crippen LogP contribution in [0.25, 0.3) is 0 Å². The van der Waals surface area contributed by atoms with Gasteiger partial charge >= 0.3 is 5.97 Å². The van der Waals surface area contributed by atoms with Gasteiger partial charge in [-0.2, -0.15) is 0 Å². The molecule has 2 aliphatic carbocycles. The lowest BCUT2D eigenvalue weighted by Gasteiger charge is -2.25. The van der Waals surface area contributed by atoms with Crippen molar-refractivity contribution in [2.45, 2.75) is 26.7 Å². The second-order valence-corrected chi connectivity index (χ2v) is 6.06. The van der Waals surface area contributed by atoms with Crippen molar-refractivity contribution in [3.05, 3.63) is 12.2 Å². The van der Waals surface area contributed by atoms with Crippen LogP contribution in [0, 0.1) is 23.7 Å². The van der Waals surface area contributed by atoms with E-state index >= 15 is 0 Å². The predicted octanol–water partition coefficient (Wildman–Crippen LogP) is 1.36. The van der Waals surface area contributed by atoms with Crippen LogP contribution < -0.4 is 5.32 Å². The summed E-state index contributed by atoms with van der Waals surface area (Å²) in [7, 11) is 0. The van der Waals surface area contributed by atoms with Crippen LogP contribution >= 0.6 is 0 Å². The Morgan fingerprint density at radius 1 is 1.19 bits per heavy atom. The molecule has 1 amide bonds. The molecule has 0 radical (unpaired) electrons. The normalized spacial score (nSPS) is 30.0. The molecule has 0 spiro atoms. The lowest BCUT2D eigenvalue weighted by atomic mass is 9.82. The maximum Gasteiger partial charge on any atom is 0.307 e. The van der Waals surface area contributed by atoms with Crippen LogP contribution in [-0.2, 0) is 9.59 Å². The Labute approximate surface area is 126 Å². The second-order valence-electron chi connectivity index (χ2n) is 6.06. The summed E-state index contributed by atoms with van der Waals surface area (Å²) in [5, 5.41) is 12.3. The van der Waals surface area contributed by atoms with Crippen molar-refractivity contribution in [1.82, 2.24) is 10.2 Å². The Bertz CT molecular complexity index is 422. The van der Waals surface area contributed by atoms with Gasteiger partial charge in [0.2, 0.25) is 5.91 Å². The summed E-state index contributed by atoms with van der Waals surface area (Å²) in [5.74, 6) is -1.72. The summed E-state index contributed by atoms with van der Waals surface area (Å²) in [5.41, 5.74) is 0. The molecular formula is C16H26N2O3. The average molecular weight is 294 g/mol. The lowest BCUT2D eigenvalue weighted by Crippen LogP contribution is -2.43. The molecule has 0 heterocycles. The predicted molar refractivity (Wildman–Crippen MR) is 80.8 cm³/mol. The fraction of sp³-hybridized carbons (Fsp3) is 0.750. The minimum atomic E-state index is -0.840. The van der Waals surface area contributed by atoms with Gasteiger partial charge < -0.3 is 15.3 Å². The largest absolute Gasteiger partial charge is 0.481 e. The van der Waals surface area contributed by atoms with E-state index in [4.69, 9.17) is 0 Å². The molecule has 2 aliphatic rings. The highest BCUT2D eigenvalue weighted by Gasteiger charge is 2.51. The Balaban J connectivity index is 1.85. The lowest BCUT2D eigenvalue weighted by molar-refractivity contribution is -0.147. The van der Waals surface area contributed by atoms with Crippen molar-refractivity contribution in [2.75, 3.05) is 26.2 Å². The standard InChI is InChI=1S/C16H26N2O3/c1-3-8-18(4-2)9-7-17-15(19)13-11-5-6-12(10-11)14(13)16(20)21/h5-6,11-14H,3-4,7-10H2,1-2H3,(H,17,19)(H,20,21). The van der Waals surface area contributed by atoms with Crippen molar-refractivity contribution in [3.8, 4) is 0 Å². The van der Waals surface area contributed by atoms with E-state index in [-0.39, 0.29) is 17.7 Å². The third-order valence-corrected chi connectivity index (χ3v) is 4.76. The number of carbonyl (C=O) groups is 2. The van der Waals surface area contributed by atoms with Gasteiger partial charge in [0.25, 0.3) is 0 Å². The quantitative estimate of drug-likeness (QED) is 0.663. The summed E-state index contributed by atoms with van der Waals surface area (Å²) < 4.78 is 0. The molecule has 0 aliphatic heterocycles. The number of aliphatic carboxylic acids is 1. The highest BCUT2D eigenvalue weighted by molar-refractivity contribution is 5.86. The van der Waals surface area contributed by atoms with Gasteiger partial charge in [0.05, 0.1) is 11.8 Å². The molecule has 4 unspecified atom stereocenters. The number of nitrogens with one attached hydrogen (secondary N) is 1. The molecule has 5 nitrogen and oxygen atoms in total. The monoisotopic (exact) mass is 294 g/mol. The van der Waals surface area contributed by atoms with Crippen molar-refractivity contribution >= 4 is 11.9 Å². The maximum atomic E-state index is 12.4. The molecule has 4 atom stereocenters. The number of carbonyl (C=O) groups excluding carboxylic acids is 1. The molecule has 21 heavy (non-hydrogen) atoms. The van der Waals surface area contributed by atoms with Gasteiger partial charge in [0, 0.05) is 13.1 Å². The Kier molecular flexibility index (Phi) is 5.39. The van der Waals surface area contributed by atoms with E-state index in [1.54, 1.807) is 0 Å². The number of allylic oxidation sites excluding steroid dienone is 2. The first-order valence-corrected chi connectivity index (χ1v) is 7.99. The number of fused-ring (bicyclic) bond motifs is 2. The van der Waals surface area contributed by atoms with Gasteiger partial charge in [-0.1, -0.05) is 26.0 Å². The van der Waals surface area contributed by atoms with E-state index in [0.717, 1.165) is 32.5 Å². The van der Waals surface area contributed by atoms with Crippen LogP contribution in [0.3, 0.4) is 0 Å². The molecule has 5 heteroatoms. The fourth-order valence-electron chi connectivity index (χ4n) is 3.72. The summed E-state index contributed by atoms with van der Waals surface area (Å²) in [6.45, 7) is 7.67. The van der Waals surface area contributed by atoms with E-state index in [0.29, 0.717) is 6.54 Å². The smallest absolute Gasteiger partial charge is 0.307 e. The van der Waals surface area contributed by atoms with Gasteiger partial charge in [-0.3, -0.25) is 9.59 Å². The minimum absolute atomic E-state index is 0.0375. The van der Waals surface area contributed by atoms with Crippen molar-refractivity contribution in [3.63, 3.8) is 0 Å². The highest BCUT2D eigenvalue weighted by atomic mass is 16.4. The van der Waals surface area contributed by atoms with Gasteiger partial charge in [0.1, 0.15) is 0 Å². The van der Waals surface area contributed by atoms with E-state index in [9.17, 15) is 14.7 Å². The number of carboxylic acids is 1. The van der Waals surface area contributed by atoms with Gasteiger partial charge in [-0.05, 0) is 37.8 Å². The first-order valence-electron chi connectivity index (χ1n) is 7.99. The zero-order chi connectivity index (χ0) is 15.4. The zero-order valence-electron chi connectivity index (χ0n) is 12.9. The van der Waals surface area contributed by atoms with E-state index < -0.39 is 17.8 Å². The molecule has 0 aromatic carbocycles. The third kappa shape index (κ3) is 3.46. The Morgan fingerprint density at radius 3 is 2.43 bits per heavy atom. The number of likely N-dealkylation sites (N-methyl/N-ethyl adjacent to an activating group) is 1. The topological polar surface area (TPSA) is 69.6 Å². The Hall–Kier alpha value is -1.36. The van der Waals surface area contributed by atoms with Crippen LogP contribution in [0.4, 0.5) is 0 Å². The number of rotatable bonds is 8. The SMILES string of the molecule is CCCN(CC)CCNC(=O)C1C2C=CC(C2)C1C(=O)O. The number of hydrogen-bond donors (Lipinski definition) is 2. The molecular weight excluding hydrogens is 268 g/mol. The molecule has 118 valence electrons. The number of carboxylic acid groups (broad SMARTS) is 1. The van der Waals surface area contributed by atoms with Crippen LogP contribution in [0.5, 0.6) is 0 Å².